The molecule has 3 heteroatoms. The third-order valence-electron chi connectivity index (χ3n) is 4.00. The zero-order valence-corrected chi connectivity index (χ0v) is 11.7. The Bertz CT molecular complexity index is 998. The number of rotatable bonds is 0. The van der Waals surface area contributed by atoms with Gasteiger partial charge in [-0.1, -0.05) is 12.1 Å². The second-order valence-corrected chi connectivity index (χ2v) is 5.42. The number of nitrogens with zero attached hydrogens (tertiary/aromatic N) is 2. The van der Waals surface area contributed by atoms with Crippen molar-refractivity contribution < 1.29 is 4.42 Å². The fourth-order valence-electron chi connectivity index (χ4n) is 2.93. The Morgan fingerprint density at radius 2 is 1.09 bits per heavy atom. The molecule has 0 unspecified atom stereocenters. The highest BCUT2D eigenvalue weighted by Gasteiger charge is 2.14. The Kier molecular flexibility index (Phi) is 2.22. The van der Waals surface area contributed by atoms with Crippen LogP contribution in [0.4, 0.5) is 0 Å². The summed E-state index contributed by atoms with van der Waals surface area (Å²) in [4.78, 5) is 8.78. The summed E-state index contributed by atoms with van der Waals surface area (Å²) >= 11 is 0. The average molecular weight is 283 g/mol. The van der Waals surface area contributed by atoms with Gasteiger partial charge in [0.15, 0.2) is 0 Å². The number of hydrogen-bond donors (Lipinski definition) is 0. The molecule has 3 nitrogen and oxygen atoms in total. The SMILES string of the molecule is c1cnc2cc3[o+]c4cc5ncccc5cc4cc3cc2c1. The first-order chi connectivity index (χ1) is 10.9. The van der Waals surface area contributed by atoms with E-state index in [-0.39, 0.29) is 0 Å². The Morgan fingerprint density at radius 3 is 1.64 bits per heavy atom. The zero-order chi connectivity index (χ0) is 14.5. The van der Waals surface area contributed by atoms with Crippen LogP contribution in [0, 0.1) is 0 Å². The Morgan fingerprint density at radius 1 is 0.591 bits per heavy atom. The summed E-state index contributed by atoms with van der Waals surface area (Å²) in [5.74, 6) is 0. The summed E-state index contributed by atoms with van der Waals surface area (Å²) in [6.45, 7) is 0. The van der Waals surface area contributed by atoms with Gasteiger partial charge in [-0.05, 0) is 30.3 Å². The first-order valence-corrected chi connectivity index (χ1v) is 7.17. The van der Waals surface area contributed by atoms with Crippen molar-refractivity contribution in [2.45, 2.75) is 0 Å². The van der Waals surface area contributed by atoms with Crippen LogP contribution in [-0.2, 0) is 0 Å². The van der Waals surface area contributed by atoms with Gasteiger partial charge in [0.25, 0.3) is 0 Å². The van der Waals surface area contributed by atoms with Crippen molar-refractivity contribution in [3.05, 3.63) is 67.0 Å². The molecule has 0 aliphatic carbocycles. The van der Waals surface area contributed by atoms with E-state index in [4.69, 9.17) is 4.42 Å². The normalized spacial score (nSPS) is 11.6. The molecule has 3 aromatic heterocycles. The van der Waals surface area contributed by atoms with Crippen LogP contribution in [0.1, 0.15) is 0 Å². The van der Waals surface area contributed by atoms with E-state index in [1.807, 2.05) is 24.3 Å². The first-order valence-electron chi connectivity index (χ1n) is 7.17. The van der Waals surface area contributed by atoms with Gasteiger partial charge in [0.05, 0.1) is 33.9 Å². The lowest BCUT2D eigenvalue weighted by Crippen LogP contribution is -1.83. The molecule has 0 saturated carbocycles. The van der Waals surface area contributed by atoms with E-state index < -0.39 is 0 Å². The van der Waals surface area contributed by atoms with Gasteiger partial charge in [0.2, 0.25) is 0 Å². The molecule has 0 radical (unpaired) electrons. The highest BCUT2D eigenvalue weighted by Crippen LogP contribution is 2.28. The van der Waals surface area contributed by atoms with E-state index in [0.29, 0.717) is 0 Å². The molecular formula is C19H11N2O+. The minimum absolute atomic E-state index is 0.842. The zero-order valence-electron chi connectivity index (χ0n) is 11.7. The second-order valence-electron chi connectivity index (χ2n) is 5.42. The highest BCUT2D eigenvalue weighted by atomic mass is 16.3. The maximum Gasteiger partial charge on any atom is 0.363 e. The van der Waals surface area contributed by atoms with Gasteiger partial charge in [-0.25, -0.2) is 4.42 Å². The molecule has 5 rings (SSSR count). The molecule has 3 heterocycles. The number of benzene rings is 2. The minimum atomic E-state index is 0.842. The van der Waals surface area contributed by atoms with Crippen LogP contribution in [0.2, 0.25) is 0 Å². The Balaban J connectivity index is 1.93. The van der Waals surface area contributed by atoms with Crippen LogP contribution in [0.3, 0.4) is 0 Å². The lowest BCUT2D eigenvalue weighted by molar-refractivity contribution is 0.662. The molecular weight excluding hydrogens is 272 g/mol. The minimum Gasteiger partial charge on any atom is -0.256 e. The quantitative estimate of drug-likeness (QED) is 0.297. The van der Waals surface area contributed by atoms with E-state index >= 15 is 0 Å². The van der Waals surface area contributed by atoms with Crippen molar-refractivity contribution in [1.29, 1.82) is 0 Å². The maximum absolute atomic E-state index is 6.08. The van der Waals surface area contributed by atoms with Crippen LogP contribution in [0.5, 0.6) is 0 Å². The van der Waals surface area contributed by atoms with Gasteiger partial charge in [-0.2, -0.15) is 0 Å². The number of pyridine rings is 2. The molecule has 0 atom stereocenters. The van der Waals surface area contributed by atoms with E-state index in [1.165, 1.54) is 0 Å². The lowest BCUT2D eigenvalue weighted by atomic mass is 10.1. The van der Waals surface area contributed by atoms with Crippen LogP contribution >= 0.6 is 0 Å². The van der Waals surface area contributed by atoms with E-state index in [9.17, 15) is 0 Å². The lowest BCUT2D eigenvalue weighted by Gasteiger charge is -1.98. The van der Waals surface area contributed by atoms with E-state index in [1.54, 1.807) is 12.4 Å². The van der Waals surface area contributed by atoms with Crippen LogP contribution in [0.25, 0.3) is 43.7 Å². The first kappa shape index (κ1) is 11.6. The van der Waals surface area contributed by atoms with Gasteiger partial charge in [-0.15, -0.1) is 0 Å². The fourth-order valence-corrected chi connectivity index (χ4v) is 2.93. The predicted molar refractivity (Wildman–Crippen MR) is 88.7 cm³/mol. The summed E-state index contributed by atoms with van der Waals surface area (Å²) < 4.78 is 6.08. The number of aromatic nitrogens is 2. The Hall–Kier alpha value is -3.07. The fraction of sp³-hybridized carbons (Fsp3) is 0. The molecule has 0 fully saturated rings. The molecule has 0 bridgehead atoms. The smallest absolute Gasteiger partial charge is 0.256 e. The van der Waals surface area contributed by atoms with Gasteiger partial charge < -0.3 is 0 Å². The monoisotopic (exact) mass is 283 g/mol. The molecule has 0 aliphatic heterocycles. The van der Waals surface area contributed by atoms with Gasteiger partial charge >= 0.3 is 11.2 Å². The summed E-state index contributed by atoms with van der Waals surface area (Å²) in [6.07, 6.45) is 3.60. The summed E-state index contributed by atoms with van der Waals surface area (Å²) in [5, 5.41) is 4.39. The molecule has 0 amide bonds. The maximum atomic E-state index is 6.08. The third-order valence-corrected chi connectivity index (χ3v) is 4.00. The van der Waals surface area contributed by atoms with Gasteiger partial charge in [0, 0.05) is 23.2 Å². The average Bonchev–Trinajstić information content (AvgIpc) is 2.56. The van der Waals surface area contributed by atoms with Crippen molar-refractivity contribution in [1.82, 2.24) is 9.97 Å². The van der Waals surface area contributed by atoms with Crippen molar-refractivity contribution in [3.8, 4) is 0 Å². The van der Waals surface area contributed by atoms with Gasteiger partial charge in [0.1, 0.15) is 0 Å². The summed E-state index contributed by atoms with van der Waals surface area (Å²) in [7, 11) is 0. The van der Waals surface area contributed by atoms with Gasteiger partial charge in [-0.3, -0.25) is 9.97 Å². The molecule has 102 valence electrons. The molecule has 0 saturated heterocycles. The molecule has 0 spiro atoms. The second kappa shape index (κ2) is 4.21. The van der Waals surface area contributed by atoms with Crippen LogP contribution < -0.4 is 0 Å². The molecule has 0 N–H and O–H groups in total. The predicted octanol–water partition coefficient (Wildman–Crippen LogP) is 4.96. The van der Waals surface area contributed by atoms with Crippen molar-refractivity contribution in [2.75, 3.05) is 0 Å². The highest BCUT2D eigenvalue weighted by molar-refractivity contribution is 6.01. The van der Waals surface area contributed by atoms with Crippen molar-refractivity contribution in [3.63, 3.8) is 0 Å². The molecule has 5 aromatic rings. The number of hydrogen-bond acceptors (Lipinski definition) is 2. The summed E-state index contributed by atoms with van der Waals surface area (Å²) in [5.41, 5.74) is 3.57. The van der Waals surface area contributed by atoms with Crippen molar-refractivity contribution >= 4 is 43.7 Å². The third kappa shape index (κ3) is 1.66. The standard InChI is InChI=1S/C19H11N2O/c1-3-12-7-14-9-15-8-13-4-2-6-21-17(13)11-19(15)22-18(14)10-16(12)20-5-1/h1-11H/q+1. The Labute approximate surface area is 125 Å². The topological polar surface area (TPSA) is 37.1 Å². The van der Waals surface area contributed by atoms with Crippen molar-refractivity contribution in [2.24, 2.45) is 0 Å². The molecule has 2 aromatic carbocycles. The number of fused-ring (bicyclic) bond motifs is 4. The molecule has 0 aliphatic rings. The largest absolute Gasteiger partial charge is 0.363 e. The molecule has 22 heavy (non-hydrogen) atoms. The van der Waals surface area contributed by atoms with Crippen LogP contribution in [0.15, 0.2) is 71.4 Å². The van der Waals surface area contributed by atoms with E-state index in [0.717, 1.165) is 43.7 Å². The van der Waals surface area contributed by atoms with E-state index in [2.05, 4.69) is 40.3 Å². The summed E-state index contributed by atoms with van der Waals surface area (Å²) in [6, 6.07) is 18.4. The van der Waals surface area contributed by atoms with Crippen LogP contribution in [-0.4, -0.2) is 9.97 Å².